The van der Waals surface area contributed by atoms with Crippen LogP contribution in [-0.4, -0.2) is 18.2 Å². The smallest absolute Gasteiger partial charge is 0.424 e. The first-order valence-electron chi connectivity index (χ1n) is 4.29. The van der Waals surface area contributed by atoms with Gasteiger partial charge in [0.05, 0.1) is 13.7 Å². The molecular formula is C10H14N2O2. The Balaban J connectivity index is 2.64. The molecule has 1 amide bonds. The van der Waals surface area contributed by atoms with E-state index in [0.717, 1.165) is 16.1 Å². The highest BCUT2D eigenvalue weighted by atomic mass is 16.5. The first-order chi connectivity index (χ1) is 6.63. The number of nitrogens with zero attached hydrogens (tertiary/aromatic N) is 1. The Bertz CT molecular complexity index is 326. The van der Waals surface area contributed by atoms with Crippen LogP contribution >= 0.6 is 0 Å². The van der Waals surface area contributed by atoms with Crippen LogP contribution in [0.1, 0.15) is 11.1 Å². The molecule has 2 N–H and O–H groups in total. The number of rotatable bonds is 2. The maximum Gasteiger partial charge on any atom is 0.424 e. The lowest BCUT2D eigenvalue weighted by atomic mass is 10.1. The molecule has 0 fully saturated rings. The van der Waals surface area contributed by atoms with Crippen LogP contribution in [0.4, 0.5) is 4.79 Å². The summed E-state index contributed by atoms with van der Waals surface area (Å²) in [5, 5.41) is 1.04. The van der Waals surface area contributed by atoms with Gasteiger partial charge in [-0.3, -0.25) is 0 Å². The monoisotopic (exact) mass is 194 g/mol. The molecule has 4 heteroatoms. The third-order valence-electron chi connectivity index (χ3n) is 1.84. The van der Waals surface area contributed by atoms with Crippen molar-refractivity contribution in [3.05, 3.63) is 35.4 Å². The molecule has 0 bridgehead atoms. The predicted molar refractivity (Wildman–Crippen MR) is 53.3 cm³/mol. The molecule has 0 unspecified atom stereocenters. The molecule has 0 aromatic heterocycles. The van der Waals surface area contributed by atoms with Crippen LogP contribution in [0.5, 0.6) is 0 Å². The van der Waals surface area contributed by atoms with Crippen molar-refractivity contribution in [3.8, 4) is 0 Å². The maximum absolute atomic E-state index is 11.0. The first-order valence-corrected chi connectivity index (χ1v) is 4.29. The van der Waals surface area contributed by atoms with Gasteiger partial charge in [-0.1, -0.05) is 29.8 Å². The molecular weight excluding hydrogens is 180 g/mol. The number of ether oxygens (including phenoxy) is 1. The van der Waals surface area contributed by atoms with Crippen molar-refractivity contribution in [3.63, 3.8) is 0 Å². The quantitative estimate of drug-likeness (QED) is 0.440. The SMILES string of the molecule is COC(=O)N(N)Cc1cccc(C)c1. The first kappa shape index (κ1) is 10.5. The number of methoxy groups -OCH3 is 1. The van der Waals surface area contributed by atoms with Gasteiger partial charge in [0.1, 0.15) is 0 Å². The summed E-state index contributed by atoms with van der Waals surface area (Å²) < 4.78 is 4.48. The number of aryl methyl sites for hydroxylation is 1. The minimum absolute atomic E-state index is 0.356. The van der Waals surface area contributed by atoms with E-state index < -0.39 is 6.09 Å². The molecule has 0 spiro atoms. The van der Waals surface area contributed by atoms with Gasteiger partial charge in [0.15, 0.2) is 0 Å². The molecule has 0 atom stereocenters. The lowest BCUT2D eigenvalue weighted by molar-refractivity contribution is 0.121. The lowest BCUT2D eigenvalue weighted by Gasteiger charge is -2.14. The molecule has 14 heavy (non-hydrogen) atoms. The molecule has 0 aliphatic rings. The fourth-order valence-corrected chi connectivity index (χ4v) is 1.19. The summed E-state index contributed by atoms with van der Waals surface area (Å²) in [7, 11) is 1.30. The zero-order valence-corrected chi connectivity index (χ0v) is 8.36. The fraction of sp³-hybridized carbons (Fsp3) is 0.300. The minimum atomic E-state index is -0.536. The second kappa shape index (κ2) is 4.62. The molecule has 0 radical (unpaired) electrons. The topological polar surface area (TPSA) is 55.6 Å². The Morgan fingerprint density at radius 3 is 2.86 bits per heavy atom. The maximum atomic E-state index is 11.0. The van der Waals surface area contributed by atoms with E-state index in [-0.39, 0.29) is 0 Å². The highest BCUT2D eigenvalue weighted by Crippen LogP contribution is 2.05. The molecule has 4 nitrogen and oxygen atoms in total. The van der Waals surface area contributed by atoms with Crippen LogP contribution in [-0.2, 0) is 11.3 Å². The van der Waals surface area contributed by atoms with Gasteiger partial charge in [-0.15, -0.1) is 0 Å². The number of carbonyl (C=O) groups excluding carboxylic acids is 1. The van der Waals surface area contributed by atoms with Crippen molar-refractivity contribution in [1.82, 2.24) is 5.01 Å². The number of hydrogen-bond acceptors (Lipinski definition) is 3. The van der Waals surface area contributed by atoms with Gasteiger partial charge in [0.2, 0.25) is 0 Å². The van der Waals surface area contributed by atoms with Gasteiger partial charge in [0.25, 0.3) is 0 Å². The average Bonchev–Trinajstić information content (AvgIpc) is 2.16. The Hall–Kier alpha value is -1.55. The highest BCUT2D eigenvalue weighted by molar-refractivity contribution is 5.66. The van der Waals surface area contributed by atoms with Crippen LogP contribution in [0.25, 0.3) is 0 Å². The van der Waals surface area contributed by atoms with E-state index in [2.05, 4.69) is 4.74 Å². The molecule has 1 aromatic rings. The third-order valence-corrected chi connectivity index (χ3v) is 1.84. The molecule has 0 saturated heterocycles. The largest absolute Gasteiger partial charge is 0.452 e. The zero-order valence-electron chi connectivity index (χ0n) is 8.36. The Kier molecular flexibility index (Phi) is 3.48. The molecule has 1 aromatic carbocycles. The van der Waals surface area contributed by atoms with E-state index in [1.165, 1.54) is 7.11 Å². The normalized spacial score (nSPS) is 9.64. The standard InChI is InChI=1S/C10H14N2O2/c1-8-4-3-5-9(6-8)7-12(11)10(13)14-2/h3-6H,7,11H2,1-2H3. The Morgan fingerprint density at radius 1 is 1.57 bits per heavy atom. The number of nitrogens with two attached hydrogens (primary N) is 1. The summed E-state index contributed by atoms with van der Waals surface area (Å²) in [6.07, 6.45) is -0.536. The van der Waals surface area contributed by atoms with E-state index in [1.54, 1.807) is 0 Å². The molecule has 1 rings (SSSR count). The minimum Gasteiger partial charge on any atom is -0.452 e. The van der Waals surface area contributed by atoms with Gasteiger partial charge in [0, 0.05) is 0 Å². The van der Waals surface area contributed by atoms with Crippen LogP contribution in [0.2, 0.25) is 0 Å². The van der Waals surface area contributed by atoms with Crippen molar-refractivity contribution < 1.29 is 9.53 Å². The van der Waals surface area contributed by atoms with Gasteiger partial charge < -0.3 is 4.74 Å². The fourth-order valence-electron chi connectivity index (χ4n) is 1.19. The van der Waals surface area contributed by atoms with Gasteiger partial charge in [-0.25, -0.2) is 15.6 Å². The lowest BCUT2D eigenvalue weighted by Crippen LogP contribution is -2.36. The molecule has 0 heterocycles. The molecule has 0 aliphatic heterocycles. The molecule has 0 saturated carbocycles. The summed E-state index contributed by atoms with van der Waals surface area (Å²) >= 11 is 0. The average molecular weight is 194 g/mol. The van der Waals surface area contributed by atoms with Crippen molar-refractivity contribution >= 4 is 6.09 Å². The molecule has 76 valence electrons. The van der Waals surface area contributed by atoms with Crippen LogP contribution in [0.3, 0.4) is 0 Å². The second-order valence-electron chi connectivity index (χ2n) is 3.09. The van der Waals surface area contributed by atoms with Crippen molar-refractivity contribution in [2.24, 2.45) is 5.84 Å². The Morgan fingerprint density at radius 2 is 2.29 bits per heavy atom. The second-order valence-corrected chi connectivity index (χ2v) is 3.09. The number of amides is 1. The number of carbonyl (C=O) groups is 1. The van der Waals surface area contributed by atoms with Crippen LogP contribution in [0, 0.1) is 6.92 Å². The van der Waals surface area contributed by atoms with E-state index in [0.29, 0.717) is 6.54 Å². The van der Waals surface area contributed by atoms with E-state index >= 15 is 0 Å². The van der Waals surface area contributed by atoms with E-state index in [9.17, 15) is 4.79 Å². The van der Waals surface area contributed by atoms with Gasteiger partial charge in [-0.2, -0.15) is 0 Å². The summed E-state index contributed by atoms with van der Waals surface area (Å²) in [6, 6.07) is 7.80. The van der Waals surface area contributed by atoms with Crippen LogP contribution in [0.15, 0.2) is 24.3 Å². The van der Waals surface area contributed by atoms with Crippen LogP contribution < -0.4 is 5.84 Å². The summed E-state index contributed by atoms with van der Waals surface area (Å²) in [5.41, 5.74) is 2.12. The number of hydrazine groups is 1. The predicted octanol–water partition coefficient (Wildman–Crippen LogP) is 1.44. The van der Waals surface area contributed by atoms with Crippen molar-refractivity contribution in [2.45, 2.75) is 13.5 Å². The Labute approximate surface area is 83.2 Å². The third kappa shape index (κ3) is 2.74. The summed E-state index contributed by atoms with van der Waals surface area (Å²) in [5.74, 6) is 5.47. The molecule has 0 aliphatic carbocycles. The highest BCUT2D eigenvalue weighted by Gasteiger charge is 2.08. The number of hydrogen-bond donors (Lipinski definition) is 1. The van der Waals surface area contributed by atoms with E-state index in [1.807, 2.05) is 31.2 Å². The van der Waals surface area contributed by atoms with Gasteiger partial charge in [-0.05, 0) is 12.5 Å². The number of benzene rings is 1. The summed E-state index contributed by atoms with van der Waals surface area (Å²) in [6.45, 7) is 2.34. The summed E-state index contributed by atoms with van der Waals surface area (Å²) in [4.78, 5) is 11.0. The van der Waals surface area contributed by atoms with Crippen molar-refractivity contribution in [2.75, 3.05) is 7.11 Å². The zero-order chi connectivity index (χ0) is 10.6. The van der Waals surface area contributed by atoms with Gasteiger partial charge >= 0.3 is 6.09 Å². The van der Waals surface area contributed by atoms with E-state index in [4.69, 9.17) is 5.84 Å². The van der Waals surface area contributed by atoms with Crippen molar-refractivity contribution in [1.29, 1.82) is 0 Å².